The minimum Gasteiger partial charge on any atom is -0.497 e. The van der Waals surface area contributed by atoms with Crippen molar-refractivity contribution in [3.8, 4) is 11.5 Å². The van der Waals surface area contributed by atoms with Gasteiger partial charge < -0.3 is 23.8 Å². The van der Waals surface area contributed by atoms with Crippen molar-refractivity contribution in [1.29, 1.82) is 0 Å². The van der Waals surface area contributed by atoms with Crippen LogP contribution in [0.2, 0.25) is 0 Å². The highest BCUT2D eigenvalue weighted by Gasteiger charge is 2.14. The standard InChI is InChI=1S/C20H19N3O6S/c1-26-15-6-8-16(9-7-15)28-11-17-21-22-20(29-17)30-12-13-4-3-5-14(10-13)18(19(24)25)23-27-2/h3-10H,11-12H2,1-2H3,(H,24,25)/b23-18+. The molecule has 0 aliphatic heterocycles. The van der Waals surface area contributed by atoms with Crippen LogP contribution in [0, 0.1) is 0 Å². The van der Waals surface area contributed by atoms with Crippen molar-refractivity contribution < 1.29 is 28.6 Å². The van der Waals surface area contributed by atoms with Gasteiger partial charge in [0.15, 0.2) is 12.3 Å². The fraction of sp³-hybridized carbons (Fsp3) is 0.200. The molecule has 0 atom stereocenters. The van der Waals surface area contributed by atoms with E-state index in [4.69, 9.17) is 13.9 Å². The highest BCUT2D eigenvalue weighted by molar-refractivity contribution is 7.98. The Kier molecular flexibility index (Phi) is 7.28. The summed E-state index contributed by atoms with van der Waals surface area (Å²) in [5.74, 6) is 1.09. The number of benzene rings is 2. The number of aliphatic carboxylic acids is 1. The summed E-state index contributed by atoms with van der Waals surface area (Å²) in [7, 11) is 2.90. The molecule has 0 saturated carbocycles. The number of hydrogen-bond acceptors (Lipinski definition) is 9. The second-order valence-electron chi connectivity index (χ2n) is 5.84. The first-order valence-corrected chi connectivity index (χ1v) is 9.73. The van der Waals surface area contributed by atoms with Crippen molar-refractivity contribution in [2.75, 3.05) is 14.2 Å². The molecule has 30 heavy (non-hydrogen) atoms. The topological polar surface area (TPSA) is 116 Å². The van der Waals surface area contributed by atoms with Gasteiger partial charge in [0.25, 0.3) is 11.1 Å². The maximum atomic E-state index is 11.3. The van der Waals surface area contributed by atoms with E-state index in [1.54, 1.807) is 49.6 Å². The van der Waals surface area contributed by atoms with Crippen LogP contribution in [-0.2, 0) is 22.0 Å². The lowest BCUT2D eigenvalue weighted by molar-refractivity contribution is -0.129. The summed E-state index contributed by atoms with van der Waals surface area (Å²) in [6, 6.07) is 14.2. The van der Waals surface area contributed by atoms with Gasteiger partial charge in [0.05, 0.1) is 7.11 Å². The molecule has 0 radical (unpaired) electrons. The average Bonchev–Trinajstić information content (AvgIpc) is 3.23. The summed E-state index contributed by atoms with van der Waals surface area (Å²) in [6.07, 6.45) is 0. The van der Waals surface area contributed by atoms with E-state index in [-0.39, 0.29) is 12.3 Å². The zero-order chi connectivity index (χ0) is 21.3. The fourth-order valence-corrected chi connectivity index (χ4v) is 3.16. The Hall–Kier alpha value is -3.53. The number of aromatic nitrogens is 2. The van der Waals surface area contributed by atoms with Crippen LogP contribution >= 0.6 is 11.8 Å². The van der Waals surface area contributed by atoms with Crippen molar-refractivity contribution in [3.63, 3.8) is 0 Å². The number of thioether (sulfide) groups is 1. The summed E-state index contributed by atoms with van der Waals surface area (Å²) >= 11 is 1.33. The van der Waals surface area contributed by atoms with E-state index >= 15 is 0 Å². The van der Waals surface area contributed by atoms with Crippen molar-refractivity contribution in [2.24, 2.45) is 5.16 Å². The first-order chi connectivity index (χ1) is 14.6. The van der Waals surface area contributed by atoms with E-state index in [9.17, 15) is 9.90 Å². The molecule has 0 saturated heterocycles. The van der Waals surface area contributed by atoms with Crippen LogP contribution in [0.25, 0.3) is 0 Å². The Labute approximate surface area is 176 Å². The number of carboxylic acids is 1. The van der Waals surface area contributed by atoms with Crippen LogP contribution in [0.15, 0.2) is 63.3 Å². The molecule has 0 spiro atoms. The SMILES string of the molecule is CO/N=C(/C(=O)O)c1cccc(CSc2nnc(COc3ccc(OC)cc3)o2)c1. The normalized spacial score (nSPS) is 11.2. The zero-order valence-electron chi connectivity index (χ0n) is 16.3. The zero-order valence-corrected chi connectivity index (χ0v) is 17.1. The highest BCUT2D eigenvalue weighted by atomic mass is 32.2. The maximum absolute atomic E-state index is 11.3. The molecule has 2 aromatic carbocycles. The Morgan fingerprint density at radius 2 is 1.90 bits per heavy atom. The van der Waals surface area contributed by atoms with E-state index < -0.39 is 5.97 Å². The second kappa shape index (κ2) is 10.3. The number of oxime groups is 1. The van der Waals surface area contributed by atoms with Gasteiger partial charge >= 0.3 is 5.97 Å². The number of carboxylic acid groups (broad SMARTS) is 1. The summed E-state index contributed by atoms with van der Waals surface area (Å²) in [6.45, 7) is 0.144. The van der Waals surface area contributed by atoms with Gasteiger partial charge in [-0.2, -0.15) is 0 Å². The Bertz CT molecular complexity index is 1020. The first kappa shape index (κ1) is 21.2. The Morgan fingerprint density at radius 1 is 1.13 bits per heavy atom. The monoisotopic (exact) mass is 429 g/mol. The van der Waals surface area contributed by atoms with Gasteiger partial charge in [-0.1, -0.05) is 35.1 Å². The van der Waals surface area contributed by atoms with Crippen molar-refractivity contribution in [3.05, 3.63) is 65.5 Å². The predicted octanol–water partition coefficient (Wildman–Crippen LogP) is 3.38. The minimum absolute atomic E-state index is 0.144. The predicted molar refractivity (Wildman–Crippen MR) is 109 cm³/mol. The Balaban J connectivity index is 1.57. The molecule has 10 heteroatoms. The van der Waals surface area contributed by atoms with Crippen molar-refractivity contribution >= 4 is 23.4 Å². The van der Waals surface area contributed by atoms with Crippen LogP contribution in [0.4, 0.5) is 0 Å². The van der Waals surface area contributed by atoms with E-state index in [1.165, 1.54) is 18.9 Å². The Morgan fingerprint density at radius 3 is 2.60 bits per heavy atom. The van der Waals surface area contributed by atoms with Gasteiger partial charge in [-0.25, -0.2) is 4.79 Å². The second-order valence-corrected chi connectivity index (χ2v) is 6.77. The minimum atomic E-state index is -1.17. The van der Waals surface area contributed by atoms with Crippen molar-refractivity contribution in [1.82, 2.24) is 10.2 Å². The van der Waals surface area contributed by atoms with Gasteiger partial charge in [0, 0.05) is 11.3 Å². The molecule has 0 bridgehead atoms. The third-order valence-corrected chi connectivity index (χ3v) is 4.71. The molecule has 0 aliphatic rings. The van der Waals surface area contributed by atoms with E-state index in [2.05, 4.69) is 20.2 Å². The first-order valence-electron chi connectivity index (χ1n) is 8.75. The van der Waals surface area contributed by atoms with Gasteiger partial charge in [-0.15, -0.1) is 10.2 Å². The number of nitrogens with zero attached hydrogens (tertiary/aromatic N) is 3. The van der Waals surface area contributed by atoms with Gasteiger partial charge in [0.2, 0.25) is 0 Å². The van der Waals surface area contributed by atoms with Gasteiger partial charge in [0.1, 0.15) is 18.6 Å². The molecule has 9 nitrogen and oxygen atoms in total. The van der Waals surface area contributed by atoms with Gasteiger partial charge in [-0.05, 0) is 35.9 Å². The molecule has 1 heterocycles. The number of ether oxygens (including phenoxy) is 2. The lowest BCUT2D eigenvalue weighted by Gasteiger charge is -2.04. The van der Waals surface area contributed by atoms with Crippen LogP contribution in [0.5, 0.6) is 11.5 Å². The number of hydrogen-bond donors (Lipinski definition) is 1. The van der Waals surface area contributed by atoms with Crippen LogP contribution in [0.1, 0.15) is 17.0 Å². The van der Waals surface area contributed by atoms with Crippen molar-refractivity contribution in [2.45, 2.75) is 17.6 Å². The quantitative estimate of drug-likeness (QED) is 0.294. The molecular formula is C20H19N3O6S. The summed E-state index contributed by atoms with van der Waals surface area (Å²) in [5, 5.41) is 21.2. The molecule has 3 rings (SSSR count). The highest BCUT2D eigenvalue weighted by Crippen LogP contribution is 2.23. The van der Waals surface area contributed by atoms with Crippen LogP contribution < -0.4 is 9.47 Å². The number of methoxy groups -OCH3 is 1. The van der Waals surface area contributed by atoms with E-state index in [0.717, 1.165) is 11.3 Å². The molecule has 156 valence electrons. The lowest BCUT2D eigenvalue weighted by Crippen LogP contribution is -2.15. The smallest absolute Gasteiger partial charge is 0.358 e. The molecule has 1 N–H and O–H groups in total. The van der Waals surface area contributed by atoms with Crippen LogP contribution in [0.3, 0.4) is 0 Å². The van der Waals surface area contributed by atoms with Crippen LogP contribution in [-0.4, -0.2) is 41.2 Å². The third-order valence-electron chi connectivity index (χ3n) is 3.82. The maximum Gasteiger partial charge on any atom is 0.358 e. The lowest BCUT2D eigenvalue weighted by atomic mass is 10.1. The van der Waals surface area contributed by atoms with E-state index in [1.807, 2.05) is 6.07 Å². The van der Waals surface area contributed by atoms with E-state index in [0.29, 0.717) is 28.2 Å². The number of rotatable bonds is 10. The summed E-state index contributed by atoms with van der Waals surface area (Å²) in [4.78, 5) is 15.9. The molecule has 0 amide bonds. The summed E-state index contributed by atoms with van der Waals surface area (Å²) < 4.78 is 16.3. The number of carbonyl (C=O) groups is 1. The molecule has 1 aromatic heterocycles. The van der Waals surface area contributed by atoms with Gasteiger partial charge in [-0.3, -0.25) is 0 Å². The third kappa shape index (κ3) is 5.74. The molecule has 3 aromatic rings. The average molecular weight is 429 g/mol. The molecule has 0 aliphatic carbocycles. The summed E-state index contributed by atoms with van der Waals surface area (Å²) in [5.41, 5.74) is 1.15. The molecule has 0 fully saturated rings. The molecular weight excluding hydrogens is 410 g/mol. The fourth-order valence-electron chi connectivity index (χ4n) is 2.43. The molecule has 0 unspecified atom stereocenters. The largest absolute Gasteiger partial charge is 0.497 e.